The van der Waals surface area contributed by atoms with E-state index in [0.29, 0.717) is 5.69 Å². The second-order valence-corrected chi connectivity index (χ2v) is 3.48. The summed E-state index contributed by atoms with van der Waals surface area (Å²) in [7, 11) is 0. The molecule has 2 rings (SSSR count). The minimum Gasteiger partial charge on any atom is -0.382 e. The second-order valence-electron chi connectivity index (χ2n) is 3.48. The van der Waals surface area contributed by atoms with Crippen LogP contribution in [-0.2, 0) is 0 Å². The zero-order chi connectivity index (χ0) is 11.4. The molecule has 1 aromatic heterocycles. The molecule has 0 aliphatic rings. The van der Waals surface area contributed by atoms with Crippen LogP contribution in [0.3, 0.4) is 0 Å². The second kappa shape index (κ2) is 4.58. The maximum Gasteiger partial charge on any atom is 0.186 e. The van der Waals surface area contributed by atoms with Gasteiger partial charge in [-0.3, -0.25) is 0 Å². The van der Waals surface area contributed by atoms with Gasteiger partial charge in [0.05, 0.1) is 11.2 Å². The number of rotatable bonds is 3. The van der Waals surface area contributed by atoms with E-state index >= 15 is 0 Å². The van der Waals surface area contributed by atoms with Gasteiger partial charge < -0.3 is 5.32 Å². The molecule has 0 bridgehead atoms. The van der Waals surface area contributed by atoms with Crippen LogP contribution in [-0.4, -0.2) is 16.7 Å². The first kappa shape index (κ1) is 10.4. The van der Waals surface area contributed by atoms with Crippen LogP contribution < -0.4 is 5.32 Å². The van der Waals surface area contributed by atoms with Gasteiger partial charge in [-0.1, -0.05) is 25.1 Å². The van der Waals surface area contributed by atoms with Gasteiger partial charge in [-0.15, -0.1) is 10.2 Å². The van der Waals surface area contributed by atoms with E-state index in [1.165, 1.54) is 0 Å². The largest absolute Gasteiger partial charge is 0.382 e. The van der Waals surface area contributed by atoms with Gasteiger partial charge >= 0.3 is 0 Å². The molecule has 1 aromatic carbocycles. The van der Waals surface area contributed by atoms with Crippen LogP contribution >= 0.6 is 0 Å². The molecular weight excluding hydrogens is 200 g/mol. The van der Waals surface area contributed by atoms with Crippen molar-refractivity contribution < 1.29 is 0 Å². The van der Waals surface area contributed by atoms with Gasteiger partial charge in [0.1, 0.15) is 6.07 Å². The minimum atomic E-state index is 0.354. The summed E-state index contributed by atoms with van der Waals surface area (Å²) in [5, 5.41) is 21.1. The van der Waals surface area contributed by atoms with E-state index < -0.39 is 0 Å². The number of nitrogens with one attached hydrogen (secondary N) is 1. The molecule has 2 aromatic rings. The van der Waals surface area contributed by atoms with Crippen molar-refractivity contribution in [2.75, 3.05) is 11.9 Å². The number of nitriles is 1. The van der Waals surface area contributed by atoms with Crippen molar-refractivity contribution >= 4 is 16.6 Å². The molecule has 16 heavy (non-hydrogen) atoms. The molecular formula is C12H12N4. The lowest BCUT2D eigenvalue weighted by atomic mass is 10.1. The lowest BCUT2D eigenvalue weighted by molar-refractivity contribution is 0.970. The average molecular weight is 212 g/mol. The highest BCUT2D eigenvalue weighted by molar-refractivity contribution is 5.92. The number of hydrogen-bond acceptors (Lipinski definition) is 4. The van der Waals surface area contributed by atoms with Crippen molar-refractivity contribution in [1.29, 1.82) is 5.26 Å². The Morgan fingerprint density at radius 2 is 2.12 bits per heavy atom. The molecule has 0 saturated heterocycles. The predicted molar refractivity (Wildman–Crippen MR) is 63.0 cm³/mol. The number of fused-ring (bicyclic) bond motifs is 1. The molecule has 80 valence electrons. The first-order valence-electron chi connectivity index (χ1n) is 5.26. The Bertz CT molecular complexity index is 542. The molecule has 0 radical (unpaired) electrons. The van der Waals surface area contributed by atoms with Crippen molar-refractivity contribution in [3.05, 3.63) is 30.0 Å². The quantitative estimate of drug-likeness (QED) is 0.848. The van der Waals surface area contributed by atoms with Crippen LogP contribution in [0, 0.1) is 11.3 Å². The summed E-state index contributed by atoms with van der Waals surface area (Å²) in [6.07, 6.45) is 1.00. The van der Waals surface area contributed by atoms with E-state index in [1.807, 2.05) is 24.3 Å². The minimum absolute atomic E-state index is 0.354. The Labute approximate surface area is 93.9 Å². The molecule has 1 heterocycles. The van der Waals surface area contributed by atoms with Crippen LogP contribution in [0.1, 0.15) is 19.0 Å². The van der Waals surface area contributed by atoms with Crippen molar-refractivity contribution in [2.45, 2.75) is 13.3 Å². The predicted octanol–water partition coefficient (Wildman–Crippen LogP) is 2.32. The highest BCUT2D eigenvalue weighted by Crippen LogP contribution is 2.23. The van der Waals surface area contributed by atoms with Gasteiger partial charge in [0.15, 0.2) is 5.69 Å². The van der Waals surface area contributed by atoms with Crippen LogP contribution in [0.4, 0.5) is 5.69 Å². The summed E-state index contributed by atoms with van der Waals surface area (Å²) in [5.74, 6) is 0. The topological polar surface area (TPSA) is 61.6 Å². The standard InChI is InChI=1S/C12H12N4/c1-2-7-14-12-9-5-3-4-6-10(9)15-16-11(12)8-13/h3-6H,2,7H2,1H3,(H,14,15). The third-order valence-corrected chi connectivity index (χ3v) is 2.33. The monoisotopic (exact) mass is 212 g/mol. The molecule has 0 aliphatic carbocycles. The maximum atomic E-state index is 8.98. The van der Waals surface area contributed by atoms with Crippen LogP contribution in [0.15, 0.2) is 24.3 Å². The maximum absolute atomic E-state index is 8.98. The summed E-state index contributed by atoms with van der Waals surface area (Å²) in [5.41, 5.74) is 1.95. The molecule has 0 fully saturated rings. The van der Waals surface area contributed by atoms with E-state index in [2.05, 4.69) is 28.5 Å². The lowest BCUT2D eigenvalue weighted by Gasteiger charge is -2.08. The van der Waals surface area contributed by atoms with Gasteiger partial charge in [-0.2, -0.15) is 5.26 Å². The third-order valence-electron chi connectivity index (χ3n) is 2.33. The highest BCUT2D eigenvalue weighted by atomic mass is 15.1. The van der Waals surface area contributed by atoms with Crippen LogP contribution in [0.2, 0.25) is 0 Å². The van der Waals surface area contributed by atoms with Gasteiger partial charge in [-0.05, 0) is 12.5 Å². The van der Waals surface area contributed by atoms with E-state index in [4.69, 9.17) is 5.26 Å². The molecule has 0 unspecified atom stereocenters. The van der Waals surface area contributed by atoms with Gasteiger partial charge in [0.25, 0.3) is 0 Å². The van der Waals surface area contributed by atoms with Crippen molar-refractivity contribution in [2.24, 2.45) is 0 Å². The first-order valence-corrected chi connectivity index (χ1v) is 5.26. The van der Waals surface area contributed by atoms with Gasteiger partial charge in [0, 0.05) is 11.9 Å². The average Bonchev–Trinajstić information content (AvgIpc) is 2.35. The number of aromatic nitrogens is 2. The van der Waals surface area contributed by atoms with Crippen LogP contribution in [0.5, 0.6) is 0 Å². The molecule has 0 amide bonds. The zero-order valence-corrected chi connectivity index (χ0v) is 9.07. The molecule has 0 atom stereocenters. The molecule has 4 nitrogen and oxygen atoms in total. The Balaban J connectivity index is 2.60. The van der Waals surface area contributed by atoms with Crippen molar-refractivity contribution in [3.63, 3.8) is 0 Å². The van der Waals surface area contributed by atoms with Gasteiger partial charge in [0.2, 0.25) is 0 Å². The summed E-state index contributed by atoms with van der Waals surface area (Å²) < 4.78 is 0. The first-order chi connectivity index (χ1) is 7.86. The van der Waals surface area contributed by atoms with Crippen molar-refractivity contribution in [1.82, 2.24) is 10.2 Å². The number of hydrogen-bond donors (Lipinski definition) is 1. The third kappa shape index (κ3) is 1.80. The summed E-state index contributed by atoms with van der Waals surface area (Å²) in [6, 6.07) is 9.74. The summed E-state index contributed by atoms with van der Waals surface area (Å²) in [4.78, 5) is 0. The Kier molecular flexibility index (Phi) is 2.97. The Morgan fingerprint density at radius 1 is 1.31 bits per heavy atom. The normalized spacial score (nSPS) is 10.0. The molecule has 1 N–H and O–H groups in total. The smallest absolute Gasteiger partial charge is 0.186 e. The SMILES string of the molecule is CCCNc1c(C#N)nnc2ccccc12. The lowest BCUT2D eigenvalue weighted by Crippen LogP contribution is -2.05. The summed E-state index contributed by atoms with van der Waals surface area (Å²) in [6.45, 7) is 2.90. The summed E-state index contributed by atoms with van der Waals surface area (Å²) >= 11 is 0. The Hall–Kier alpha value is -2.15. The van der Waals surface area contributed by atoms with E-state index in [-0.39, 0.29) is 0 Å². The molecule has 4 heteroatoms. The molecule has 0 saturated carbocycles. The number of anilines is 1. The Morgan fingerprint density at radius 3 is 2.88 bits per heavy atom. The van der Waals surface area contributed by atoms with Crippen molar-refractivity contribution in [3.8, 4) is 6.07 Å². The fraction of sp³-hybridized carbons (Fsp3) is 0.250. The van der Waals surface area contributed by atoms with E-state index in [0.717, 1.165) is 29.6 Å². The van der Waals surface area contributed by atoms with Crippen LogP contribution in [0.25, 0.3) is 10.9 Å². The number of nitrogens with zero attached hydrogens (tertiary/aromatic N) is 3. The number of benzene rings is 1. The van der Waals surface area contributed by atoms with E-state index in [1.54, 1.807) is 0 Å². The zero-order valence-electron chi connectivity index (χ0n) is 9.07. The van der Waals surface area contributed by atoms with E-state index in [9.17, 15) is 0 Å². The molecule has 0 aliphatic heterocycles. The van der Waals surface area contributed by atoms with Gasteiger partial charge in [-0.25, -0.2) is 0 Å². The molecule has 0 spiro atoms. The highest BCUT2D eigenvalue weighted by Gasteiger charge is 2.08. The fourth-order valence-corrected chi connectivity index (χ4v) is 1.56. The fourth-order valence-electron chi connectivity index (χ4n) is 1.56.